The van der Waals surface area contributed by atoms with E-state index in [1.165, 1.54) is 33.0 Å². The Balaban J connectivity index is 1.07. The van der Waals surface area contributed by atoms with Crippen molar-refractivity contribution in [3.63, 3.8) is 0 Å². The highest BCUT2D eigenvalue weighted by molar-refractivity contribution is 6.24. The van der Waals surface area contributed by atoms with E-state index in [1.54, 1.807) is 0 Å². The fourth-order valence-corrected chi connectivity index (χ4v) is 11.7. The van der Waals surface area contributed by atoms with Crippen LogP contribution in [0.15, 0.2) is 217 Å². The minimum atomic E-state index is -0.126. The van der Waals surface area contributed by atoms with Gasteiger partial charge in [-0.05, 0) is 80.6 Å². The number of fused-ring (bicyclic) bond motifs is 14. The van der Waals surface area contributed by atoms with Crippen LogP contribution in [0.5, 0.6) is 0 Å². The Kier molecular flexibility index (Phi) is 8.03. The highest BCUT2D eigenvalue weighted by Gasteiger charge is 2.35. The van der Waals surface area contributed by atoms with Crippen molar-refractivity contribution in [2.45, 2.75) is 19.3 Å². The van der Waals surface area contributed by atoms with E-state index in [4.69, 9.17) is 19.4 Å². The Morgan fingerprint density at radius 2 is 0.986 bits per heavy atom. The van der Waals surface area contributed by atoms with Gasteiger partial charge in [0.05, 0.1) is 27.8 Å². The van der Waals surface area contributed by atoms with E-state index in [0.29, 0.717) is 17.6 Å². The molecule has 0 amide bonds. The number of benzene rings is 10. The Labute approximate surface area is 402 Å². The monoisotopic (exact) mass is 895 g/mol. The number of aromatic nitrogens is 5. The Bertz CT molecular complexity index is 4510. The summed E-state index contributed by atoms with van der Waals surface area (Å²) in [6.07, 6.45) is 0. The molecule has 0 atom stereocenters. The largest absolute Gasteiger partial charge is 0.454 e. The fourth-order valence-electron chi connectivity index (χ4n) is 11.7. The van der Waals surface area contributed by atoms with Gasteiger partial charge in [0.15, 0.2) is 17.2 Å². The summed E-state index contributed by atoms with van der Waals surface area (Å²) in [5.41, 5.74) is 15.8. The minimum absolute atomic E-state index is 0.126. The van der Waals surface area contributed by atoms with Crippen molar-refractivity contribution in [1.29, 1.82) is 0 Å². The summed E-state index contributed by atoms with van der Waals surface area (Å²) >= 11 is 0. The van der Waals surface area contributed by atoms with E-state index in [9.17, 15) is 0 Å². The first kappa shape index (κ1) is 38.9. The molecule has 328 valence electrons. The predicted octanol–water partition coefficient (Wildman–Crippen LogP) is 16.4. The molecular formula is C64H41N5O. The van der Waals surface area contributed by atoms with Crippen molar-refractivity contribution in [3.8, 4) is 56.7 Å². The van der Waals surface area contributed by atoms with Crippen molar-refractivity contribution < 1.29 is 4.42 Å². The predicted molar refractivity (Wildman–Crippen MR) is 287 cm³/mol. The molecular weight excluding hydrogens is 855 g/mol. The number of furan rings is 1. The Morgan fingerprint density at radius 3 is 1.79 bits per heavy atom. The minimum Gasteiger partial charge on any atom is -0.454 e. The van der Waals surface area contributed by atoms with Gasteiger partial charge in [-0.3, -0.25) is 4.57 Å². The van der Waals surface area contributed by atoms with E-state index in [-0.39, 0.29) is 5.41 Å². The lowest BCUT2D eigenvalue weighted by Crippen LogP contribution is -2.14. The van der Waals surface area contributed by atoms with Crippen LogP contribution in [-0.2, 0) is 5.41 Å². The SMILES string of the molecule is CC1(C)c2ccccc2-c2cc(-c3nc(-c4ccccc4)nc(-n4c5ccccc5c5ccc6c7ccccc7n(-c7cc(-c8cccc9ccccc89)cc8c7oc7ccccc78)c6c54)n3)ccc21. The number of hydrogen-bond donors (Lipinski definition) is 0. The van der Waals surface area contributed by atoms with Gasteiger partial charge in [0.25, 0.3) is 0 Å². The molecule has 0 N–H and O–H groups in total. The fraction of sp³-hybridized carbons (Fsp3) is 0.0469. The molecule has 6 nitrogen and oxygen atoms in total. The second-order valence-electron chi connectivity index (χ2n) is 19.1. The normalized spacial score (nSPS) is 13.1. The average molecular weight is 896 g/mol. The molecule has 15 rings (SSSR count). The summed E-state index contributed by atoms with van der Waals surface area (Å²) in [6.45, 7) is 4.63. The van der Waals surface area contributed by atoms with Crippen molar-refractivity contribution in [3.05, 3.63) is 223 Å². The van der Waals surface area contributed by atoms with Crippen LogP contribution in [0.4, 0.5) is 0 Å². The van der Waals surface area contributed by atoms with Crippen LogP contribution in [0.1, 0.15) is 25.0 Å². The molecule has 4 aromatic heterocycles. The van der Waals surface area contributed by atoms with Crippen molar-refractivity contribution >= 4 is 76.3 Å². The summed E-state index contributed by atoms with van der Waals surface area (Å²) in [6, 6.07) is 75.9. The molecule has 0 unspecified atom stereocenters. The van der Waals surface area contributed by atoms with E-state index in [1.807, 2.05) is 24.3 Å². The number of nitrogens with zero attached hydrogens (tertiary/aromatic N) is 5. The standard InChI is InChI=1S/C64H41N5O/c1-64(2)52-27-12-8-22-44(52)50-35-40(31-34-53(50)64)62-65-61(39-18-4-3-5-19-39)66-63(67-62)69-55-29-14-10-24-46(55)49-33-32-48-45-23-9-13-28-54(45)68(58(48)59(49)69)56-37-41(43-26-16-20-38-17-6-7-21-42(38)43)36-51-47-25-11-15-30-57(47)70-60(51)56/h3-37H,1-2H3. The molecule has 0 bridgehead atoms. The maximum atomic E-state index is 7.00. The average Bonchev–Trinajstić information content (AvgIpc) is 4.13. The first-order chi connectivity index (χ1) is 34.5. The molecule has 0 saturated carbocycles. The topological polar surface area (TPSA) is 61.7 Å². The molecule has 1 aliphatic rings. The summed E-state index contributed by atoms with van der Waals surface area (Å²) in [5, 5.41) is 8.98. The van der Waals surface area contributed by atoms with Crippen molar-refractivity contribution in [1.82, 2.24) is 24.1 Å². The maximum absolute atomic E-state index is 7.00. The van der Waals surface area contributed by atoms with Gasteiger partial charge in [0, 0.05) is 48.9 Å². The van der Waals surface area contributed by atoms with Crippen LogP contribution >= 0.6 is 0 Å². The molecule has 0 aliphatic heterocycles. The zero-order chi connectivity index (χ0) is 46.2. The quantitative estimate of drug-likeness (QED) is 0.173. The summed E-state index contributed by atoms with van der Waals surface area (Å²) in [7, 11) is 0. The molecule has 70 heavy (non-hydrogen) atoms. The number of para-hydroxylation sites is 3. The van der Waals surface area contributed by atoms with E-state index in [2.05, 4.69) is 211 Å². The highest BCUT2D eigenvalue weighted by atomic mass is 16.3. The van der Waals surface area contributed by atoms with Crippen LogP contribution in [0, 0.1) is 0 Å². The van der Waals surface area contributed by atoms with E-state index < -0.39 is 0 Å². The zero-order valence-corrected chi connectivity index (χ0v) is 38.4. The van der Waals surface area contributed by atoms with Gasteiger partial charge in [0.2, 0.25) is 5.95 Å². The molecule has 4 heterocycles. The molecule has 10 aromatic carbocycles. The van der Waals surface area contributed by atoms with Gasteiger partial charge in [-0.1, -0.05) is 190 Å². The molecule has 0 spiro atoms. The van der Waals surface area contributed by atoms with Crippen molar-refractivity contribution in [2.75, 3.05) is 0 Å². The molecule has 0 saturated heterocycles. The lowest BCUT2D eigenvalue weighted by Gasteiger charge is -2.21. The number of hydrogen-bond acceptors (Lipinski definition) is 4. The van der Waals surface area contributed by atoms with Crippen LogP contribution < -0.4 is 0 Å². The molecule has 6 heteroatoms. The molecule has 0 radical (unpaired) electrons. The molecule has 0 fully saturated rings. The Morgan fingerprint density at radius 1 is 0.386 bits per heavy atom. The summed E-state index contributed by atoms with van der Waals surface area (Å²) in [4.78, 5) is 16.3. The first-order valence-electron chi connectivity index (χ1n) is 23.9. The molecule has 14 aromatic rings. The third-order valence-corrected chi connectivity index (χ3v) is 15.0. The smallest absolute Gasteiger partial charge is 0.238 e. The van der Waals surface area contributed by atoms with E-state index in [0.717, 1.165) is 93.5 Å². The lowest BCUT2D eigenvalue weighted by atomic mass is 9.82. The van der Waals surface area contributed by atoms with Crippen LogP contribution in [0.25, 0.3) is 133 Å². The summed E-state index contributed by atoms with van der Waals surface area (Å²) in [5.74, 6) is 1.76. The third kappa shape index (κ3) is 5.47. The number of rotatable bonds is 5. The zero-order valence-electron chi connectivity index (χ0n) is 38.4. The van der Waals surface area contributed by atoms with Gasteiger partial charge >= 0.3 is 0 Å². The second kappa shape index (κ2) is 14.4. The van der Waals surface area contributed by atoms with Crippen LogP contribution in [0.3, 0.4) is 0 Å². The van der Waals surface area contributed by atoms with Crippen molar-refractivity contribution in [2.24, 2.45) is 0 Å². The van der Waals surface area contributed by atoms with Gasteiger partial charge in [-0.15, -0.1) is 0 Å². The highest BCUT2D eigenvalue weighted by Crippen LogP contribution is 2.50. The van der Waals surface area contributed by atoms with E-state index >= 15 is 0 Å². The van der Waals surface area contributed by atoms with Crippen LogP contribution in [-0.4, -0.2) is 24.1 Å². The van der Waals surface area contributed by atoms with Gasteiger partial charge in [-0.25, -0.2) is 4.98 Å². The van der Waals surface area contributed by atoms with Crippen LogP contribution in [0.2, 0.25) is 0 Å². The Hall–Kier alpha value is -9.13. The lowest BCUT2D eigenvalue weighted by molar-refractivity contribution is 0.660. The van der Waals surface area contributed by atoms with Gasteiger partial charge in [0.1, 0.15) is 5.58 Å². The van der Waals surface area contributed by atoms with Gasteiger partial charge in [-0.2, -0.15) is 9.97 Å². The maximum Gasteiger partial charge on any atom is 0.238 e. The molecule has 1 aliphatic carbocycles. The van der Waals surface area contributed by atoms with Gasteiger partial charge < -0.3 is 8.98 Å². The second-order valence-corrected chi connectivity index (χ2v) is 19.1. The third-order valence-electron chi connectivity index (χ3n) is 15.0. The first-order valence-corrected chi connectivity index (χ1v) is 23.9. The summed E-state index contributed by atoms with van der Waals surface area (Å²) < 4.78 is 11.7.